The van der Waals surface area contributed by atoms with Crippen LogP contribution in [0.15, 0.2) is 0 Å². The molecule has 0 bridgehead atoms. The molecular weight excluding hydrogens is 244 g/mol. The molecule has 0 saturated carbocycles. The molecule has 1 fully saturated rings. The first-order chi connectivity index (χ1) is 9.35. The van der Waals surface area contributed by atoms with Crippen molar-refractivity contribution in [3.8, 4) is 0 Å². The zero-order valence-corrected chi connectivity index (χ0v) is 11.3. The van der Waals surface area contributed by atoms with E-state index >= 15 is 0 Å². The Hall–Kier alpha value is -0.980. The molecular formula is C13H22N4O2. The van der Waals surface area contributed by atoms with Crippen LogP contribution in [0.5, 0.6) is 0 Å². The second kappa shape index (κ2) is 5.98. The molecule has 106 valence electrons. The number of hydrogen-bond donors (Lipinski definition) is 1. The lowest BCUT2D eigenvalue weighted by molar-refractivity contribution is 0.0382. The summed E-state index contributed by atoms with van der Waals surface area (Å²) in [6.07, 6.45) is 2.87. The van der Waals surface area contributed by atoms with Gasteiger partial charge in [0.15, 0.2) is 5.82 Å². The van der Waals surface area contributed by atoms with Gasteiger partial charge in [-0.25, -0.2) is 9.67 Å². The lowest BCUT2D eigenvalue weighted by Crippen LogP contribution is -2.37. The third-order valence-corrected chi connectivity index (χ3v) is 4.01. The minimum Gasteiger partial charge on any atom is -0.396 e. The van der Waals surface area contributed by atoms with Crippen LogP contribution < -0.4 is 0 Å². The SMILES string of the molecule is OCC1CCc2nc(CCN3CCOCC3)nn2C1. The summed E-state index contributed by atoms with van der Waals surface area (Å²) in [5.41, 5.74) is 0. The zero-order chi connectivity index (χ0) is 13.1. The fourth-order valence-corrected chi connectivity index (χ4v) is 2.76. The molecule has 0 aromatic carbocycles. The van der Waals surface area contributed by atoms with Crippen LogP contribution in [-0.2, 0) is 24.1 Å². The standard InChI is InChI=1S/C13H22N4O2/c18-10-11-1-2-13-14-12(15-17(13)9-11)3-4-16-5-7-19-8-6-16/h11,18H,1-10H2. The Morgan fingerprint density at radius 1 is 1.32 bits per heavy atom. The van der Waals surface area contributed by atoms with Crippen molar-refractivity contribution in [3.05, 3.63) is 11.6 Å². The van der Waals surface area contributed by atoms with Gasteiger partial charge in [0.2, 0.25) is 0 Å². The van der Waals surface area contributed by atoms with Crippen LogP contribution >= 0.6 is 0 Å². The minimum atomic E-state index is 0.252. The quantitative estimate of drug-likeness (QED) is 0.811. The molecule has 1 unspecified atom stereocenters. The van der Waals surface area contributed by atoms with Crippen LogP contribution in [0.3, 0.4) is 0 Å². The third-order valence-electron chi connectivity index (χ3n) is 4.01. The summed E-state index contributed by atoms with van der Waals surface area (Å²) in [5, 5.41) is 13.8. The van der Waals surface area contributed by atoms with E-state index in [1.807, 2.05) is 4.68 Å². The van der Waals surface area contributed by atoms with Crippen molar-refractivity contribution >= 4 is 0 Å². The fourth-order valence-electron chi connectivity index (χ4n) is 2.76. The largest absolute Gasteiger partial charge is 0.396 e. The Labute approximate surface area is 113 Å². The van der Waals surface area contributed by atoms with E-state index in [4.69, 9.17) is 4.74 Å². The number of aliphatic hydroxyl groups is 1. The van der Waals surface area contributed by atoms with Gasteiger partial charge in [-0.2, -0.15) is 5.10 Å². The summed E-state index contributed by atoms with van der Waals surface area (Å²) in [5.74, 6) is 2.38. The van der Waals surface area contributed by atoms with Gasteiger partial charge in [0, 0.05) is 51.5 Å². The Bertz CT molecular complexity index is 415. The number of aromatic nitrogens is 3. The molecule has 0 amide bonds. The van der Waals surface area contributed by atoms with Gasteiger partial charge in [-0.15, -0.1) is 0 Å². The molecule has 0 aliphatic carbocycles. The molecule has 3 heterocycles. The Balaban J connectivity index is 1.55. The molecule has 6 heteroatoms. The lowest BCUT2D eigenvalue weighted by atomic mass is 10.0. The lowest BCUT2D eigenvalue weighted by Gasteiger charge is -2.25. The zero-order valence-electron chi connectivity index (χ0n) is 11.3. The maximum Gasteiger partial charge on any atom is 0.152 e. The van der Waals surface area contributed by atoms with Gasteiger partial charge in [0.1, 0.15) is 5.82 Å². The van der Waals surface area contributed by atoms with Crippen molar-refractivity contribution < 1.29 is 9.84 Å². The Morgan fingerprint density at radius 3 is 2.95 bits per heavy atom. The number of ether oxygens (including phenoxy) is 1. The van der Waals surface area contributed by atoms with Gasteiger partial charge in [-0.3, -0.25) is 4.90 Å². The molecule has 1 aromatic heterocycles. The second-order valence-electron chi connectivity index (χ2n) is 5.42. The predicted molar refractivity (Wildman–Crippen MR) is 69.9 cm³/mol. The molecule has 2 aliphatic rings. The Kier molecular flexibility index (Phi) is 4.10. The molecule has 1 aromatic rings. The highest BCUT2D eigenvalue weighted by Crippen LogP contribution is 2.18. The summed E-state index contributed by atoms with van der Waals surface area (Å²) >= 11 is 0. The van der Waals surface area contributed by atoms with E-state index in [9.17, 15) is 5.11 Å². The number of nitrogens with zero attached hydrogens (tertiary/aromatic N) is 4. The van der Waals surface area contributed by atoms with E-state index in [1.165, 1.54) is 0 Å². The predicted octanol–water partition coefficient (Wildman–Crippen LogP) is -0.292. The summed E-state index contributed by atoms with van der Waals surface area (Å²) in [7, 11) is 0. The van der Waals surface area contributed by atoms with Gasteiger partial charge in [-0.05, 0) is 6.42 Å². The average molecular weight is 266 g/mol. The van der Waals surface area contributed by atoms with E-state index in [0.29, 0.717) is 5.92 Å². The summed E-state index contributed by atoms with van der Waals surface area (Å²) in [6.45, 7) is 5.78. The van der Waals surface area contributed by atoms with Crippen LogP contribution in [0.1, 0.15) is 18.1 Å². The molecule has 2 aliphatic heterocycles. The third kappa shape index (κ3) is 3.13. The van der Waals surface area contributed by atoms with Crippen molar-refractivity contribution in [2.24, 2.45) is 5.92 Å². The van der Waals surface area contributed by atoms with Gasteiger partial charge in [-0.1, -0.05) is 0 Å². The number of rotatable bonds is 4. The number of morpholine rings is 1. The number of aryl methyl sites for hydroxylation is 1. The maximum atomic E-state index is 9.22. The van der Waals surface area contributed by atoms with Crippen molar-refractivity contribution in [3.63, 3.8) is 0 Å². The topological polar surface area (TPSA) is 63.4 Å². The first-order valence-corrected chi connectivity index (χ1v) is 7.18. The van der Waals surface area contributed by atoms with Crippen molar-refractivity contribution in [1.29, 1.82) is 0 Å². The summed E-state index contributed by atoms with van der Waals surface area (Å²) in [4.78, 5) is 7.02. The van der Waals surface area contributed by atoms with E-state index in [0.717, 1.165) is 70.3 Å². The number of aliphatic hydroxyl groups excluding tert-OH is 1. The van der Waals surface area contributed by atoms with Crippen LogP contribution in [0.25, 0.3) is 0 Å². The molecule has 1 atom stereocenters. The first-order valence-electron chi connectivity index (χ1n) is 7.18. The van der Waals surface area contributed by atoms with Crippen molar-refractivity contribution in [1.82, 2.24) is 19.7 Å². The van der Waals surface area contributed by atoms with E-state index in [1.54, 1.807) is 0 Å². The molecule has 0 radical (unpaired) electrons. The van der Waals surface area contributed by atoms with Crippen molar-refractivity contribution in [2.75, 3.05) is 39.5 Å². The number of fused-ring (bicyclic) bond motifs is 1. The first kappa shape index (κ1) is 13.0. The molecule has 6 nitrogen and oxygen atoms in total. The molecule has 0 spiro atoms. The van der Waals surface area contributed by atoms with Crippen LogP contribution in [0.4, 0.5) is 0 Å². The molecule has 19 heavy (non-hydrogen) atoms. The fraction of sp³-hybridized carbons (Fsp3) is 0.846. The monoisotopic (exact) mass is 266 g/mol. The highest BCUT2D eigenvalue weighted by Gasteiger charge is 2.21. The van der Waals surface area contributed by atoms with Gasteiger partial charge < -0.3 is 9.84 Å². The van der Waals surface area contributed by atoms with Crippen LogP contribution in [0, 0.1) is 5.92 Å². The van der Waals surface area contributed by atoms with Gasteiger partial charge in [0.25, 0.3) is 0 Å². The highest BCUT2D eigenvalue weighted by molar-refractivity contribution is 4.97. The highest BCUT2D eigenvalue weighted by atomic mass is 16.5. The maximum absolute atomic E-state index is 9.22. The normalized spacial score (nSPS) is 24.4. The molecule has 1 N–H and O–H groups in total. The van der Waals surface area contributed by atoms with Crippen LogP contribution in [0.2, 0.25) is 0 Å². The van der Waals surface area contributed by atoms with E-state index in [-0.39, 0.29) is 6.61 Å². The minimum absolute atomic E-state index is 0.252. The van der Waals surface area contributed by atoms with Gasteiger partial charge in [0.05, 0.1) is 13.2 Å². The second-order valence-corrected chi connectivity index (χ2v) is 5.42. The molecule has 1 saturated heterocycles. The van der Waals surface area contributed by atoms with Crippen molar-refractivity contribution in [2.45, 2.75) is 25.8 Å². The molecule has 3 rings (SSSR count). The van der Waals surface area contributed by atoms with Gasteiger partial charge >= 0.3 is 0 Å². The average Bonchev–Trinajstić information content (AvgIpc) is 2.88. The van der Waals surface area contributed by atoms with E-state index < -0.39 is 0 Å². The summed E-state index contributed by atoms with van der Waals surface area (Å²) < 4.78 is 7.33. The smallest absolute Gasteiger partial charge is 0.152 e. The Morgan fingerprint density at radius 2 is 2.16 bits per heavy atom. The number of hydrogen-bond acceptors (Lipinski definition) is 5. The summed E-state index contributed by atoms with van der Waals surface area (Å²) in [6, 6.07) is 0. The van der Waals surface area contributed by atoms with E-state index in [2.05, 4.69) is 15.0 Å². The van der Waals surface area contributed by atoms with Crippen LogP contribution in [-0.4, -0.2) is 64.2 Å².